The number of aliphatic hydroxyl groups excluding tert-OH is 2. The molecule has 0 radical (unpaired) electrons. The second-order valence-electron chi connectivity index (χ2n) is 13.7. The molecule has 204 valence electrons. The smallest absolute Gasteiger partial charge is 0.335 e. The summed E-state index contributed by atoms with van der Waals surface area (Å²) in [6, 6.07) is 7.16. The lowest BCUT2D eigenvalue weighted by atomic mass is 9.41. The summed E-state index contributed by atoms with van der Waals surface area (Å²) in [5.74, 6) is 2.64. The number of fused-ring (bicyclic) bond motifs is 5. The van der Waals surface area contributed by atoms with Gasteiger partial charge in [0.05, 0.1) is 17.8 Å². The Morgan fingerprint density at radius 2 is 1.78 bits per heavy atom. The Labute approximate surface area is 223 Å². The highest BCUT2D eigenvalue weighted by Gasteiger charge is 2.64. The summed E-state index contributed by atoms with van der Waals surface area (Å²) >= 11 is 0. The molecule has 4 aliphatic rings. The van der Waals surface area contributed by atoms with Crippen molar-refractivity contribution < 1.29 is 20.1 Å². The summed E-state index contributed by atoms with van der Waals surface area (Å²) < 4.78 is 0. The summed E-state index contributed by atoms with van der Waals surface area (Å²) in [6.45, 7) is 9.69. The van der Waals surface area contributed by atoms with E-state index in [0.29, 0.717) is 47.0 Å². The predicted molar refractivity (Wildman–Crippen MR) is 148 cm³/mol. The standard InChI is InChI=1S/C33H48O4/c1-5-24-28-19-23(34)14-16-33(28,4)27-15-17-32(3)25(12-13-26(32)29(27)30(24)35)20(2)8-6-9-21-10-7-11-22(18-21)31(36)37/h6-7,9-11,18,20,23-30,34-35H,5,8,12-17,19H2,1-4H3,(H,36,37)/b9-6+/t20-,23-,24-,25-,26?,27?,28+,29?,30?,32-,33-/m1/s1. The number of carbonyl (C=O) groups is 1. The van der Waals surface area contributed by atoms with Crippen LogP contribution in [0.1, 0.15) is 101 Å². The number of hydrogen-bond donors (Lipinski definition) is 3. The molecule has 3 N–H and O–H groups in total. The summed E-state index contributed by atoms with van der Waals surface area (Å²) in [5, 5.41) is 31.7. The van der Waals surface area contributed by atoms with Crippen molar-refractivity contribution in [2.45, 2.75) is 97.7 Å². The van der Waals surface area contributed by atoms with E-state index >= 15 is 0 Å². The number of carboxylic acids is 1. The van der Waals surface area contributed by atoms with E-state index in [2.05, 4.69) is 39.8 Å². The topological polar surface area (TPSA) is 77.8 Å². The first kappa shape index (κ1) is 26.9. The third-order valence-corrected chi connectivity index (χ3v) is 12.1. The van der Waals surface area contributed by atoms with Crippen LogP contribution in [0.15, 0.2) is 30.3 Å². The van der Waals surface area contributed by atoms with Gasteiger partial charge in [0, 0.05) is 0 Å². The summed E-state index contributed by atoms with van der Waals surface area (Å²) in [4.78, 5) is 11.3. The number of carboxylic acid groups (broad SMARTS) is 1. The molecule has 37 heavy (non-hydrogen) atoms. The molecule has 0 saturated heterocycles. The molecule has 0 bridgehead atoms. The first-order chi connectivity index (χ1) is 17.6. The van der Waals surface area contributed by atoms with Crippen molar-refractivity contribution in [2.75, 3.05) is 0 Å². The molecule has 4 aliphatic carbocycles. The Hall–Kier alpha value is -1.65. The molecule has 4 nitrogen and oxygen atoms in total. The van der Waals surface area contributed by atoms with Crippen LogP contribution in [0, 0.1) is 52.3 Å². The van der Waals surface area contributed by atoms with Crippen molar-refractivity contribution >= 4 is 12.0 Å². The average Bonchev–Trinajstić information content (AvgIpc) is 3.22. The molecule has 4 fully saturated rings. The van der Waals surface area contributed by atoms with E-state index in [1.165, 1.54) is 25.7 Å². The zero-order chi connectivity index (χ0) is 26.5. The molecule has 11 atom stereocenters. The fourth-order valence-corrected chi connectivity index (χ4v) is 10.3. The third kappa shape index (κ3) is 4.50. The molecular formula is C33H48O4. The van der Waals surface area contributed by atoms with Crippen molar-refractivity contribution in [2.24, 2.45) is 52.3 Å². The zero-order valence-electron chi connectivity index (χ0n) is 23.3. The van der Waals surface area contributed by atoms with Gasteiger partial charge in [-0.1, -0.05) is 58.4 Å². The van der Waals surface area contributed by atoms with Crippen LogP contribution in [0.2, 0.25) is 0 Å². The maximum Gasteiger partial charge on any atom is 0.335 e. The van der Waals surface area contributed by atoms with E-state index in [0.717, 1.165) is 37.7 Å². The van der Waals surface area contributed by atoms with Gasteiger partial charge in [-0.25, -0.2) is 4.79 Å². The van der Waals surface area contributed by atoms with Gasteiger partial charge in [-0.05, 0) is 121 Å². The molecule has 1 aromatic rings. The van der Waals surface area contributed by atoms with Gasteiger partial charge in [-0.3, -0.25) is 0 Å². The van der Waals surface area contributed by atoms with E-state index in [4.69, 9.17) is 0 Å². The van der Waals surface area contributed by atoms with Crippen molar-refractivity contribution in [3.05, 3.63) is 41.5 Å². The van der Waals surface area contributed by atoms with Gasteiger partial charge in [0.1, 0.15) is 0 Å². The van der Waals surface area contributed by atoms with Gasteiger partial charge in [-0.2, -0.15) is 0 Å². The van der Waals surface area contributed by atoms with E-state index in [1.807, 2.05) is 12.1 Å². The summed E-state index contributed by atoms with van der Waals surface area (Å²) in [7, 11) is 0. The van der Waals surface area contributed by atoms with Crippen molar-refractivity contribution in [3.8, 4) is 0 Å². The first-order valence-corrected chi connectivity index (χ1v) is 15.0. The Morgan fingerprint density at radius 3 is 2.51 bits per heavy atom. The van der Waals surface area contributed by atoms with Crippen LogP contribution in [0.25, 0.3) is 6.08 Å². The van der Waals surface area contributed by atoms with Crippen molar-refractivity contribution in [3.63, 3.8) is 0 Å². The molecular weight excluding hydrogens is 460 g/mol. The van der Waals surface area contributed by atoms with Crippen molar-refractivity contribution in [1.82, 2.24) is 0 Å². The highest BCUT2D eigenvalue weighted by atomic mass is 16.4. The lowest BCUT2D eigenvalue weighted by Gasteiger charge is -2.64. The number of allylic oxidation sites excluding steroid dienone is 1. The van der Waals surface area contributed by atoms with Gasteiger partial charge in [0.25, 0.3) is 0 Å². The van der Waals surface area contributed by atoms with Crippen LogP contribution >= 0.6 is 0 Å². The maximum absolute atomic E-state index is 11.9. The summed E-state index contributed by atoms with van der Waals surface area (Å²) in [5.41, 5.74) is 1.80. The maximum atomic E-state index is 11.9. The van der Waals surface area contributed by atoms with Crippen LogP contribution in [-0.2, 0) is 0 Å². The van der Waals surface area contributed by atoms with Gasteiger partial charge in [-0.15, -0.1) is 0 Å². The fourth-order valence-electron chi connectivity index (χ4n) is 10.3. The number of benzene rings is 1. The Balaban J connectivity index is 1.33. The molecule has 0 aliphatic heterocycles. The summed E-state index contributed by atoms with van der Waals surface area (Å²) in [6.07, 6.45) is 13.7. The second-order valence-corrected chi connectivity index (χ2v) is 13.7. The number of hydrogen-bond acceptors (Lipinski definition) is 3. The molecule has 1 aromatic carbocycles. The van der Waals surface area contributed by atoms with Gasteiger partial charge in [0.15, 0.2) is 0 Å². The lowest BCUT2D eigenvalue weighted by Crippen LogP contribution is -2.62. The predicted octanol–water partition coefficient (Wildman–Crippen LogP) is 7.05. The highest BCUT2D eigenvalue weighted by molar-refractivity contribution is 5.88. The Bertz CT molecular complexity index is 1020. The van der Waals surface area contributed by atoms with Gasteiger partial charge in [0.2, 0.25) is 0 Å². The number of rotatable bonds is 6. The minimum absolute atomic E-state index is 0.193. The van der Waals surface area contributed by atoms with Crippen LogP contribution in [-0.4, -0.2) is 33.5 Å². The van der Waals surface area contributed by atoms with Crippen LogP contribution in [0.5, 0.6) is 0 Å². The van der Waals surface area contributed by atoms with Crippen LogP contribution in [0.4, 0.5) is 0 Å². The molecule has 4 heteroatoms. The second kappa shape index (κ2) is 10.2. The Kier molecular flexibility index (Phi) is 7.39. The van der Waals surface area contributed by atoms with Crippen molar-refractivity contribution in [1.29, 1.82) is 0 Å². The van der Waals surface area contributed by atoms with E-state index in [1.54, 1.807) is 12.1 Å². The fraction of sp³-hybridized carbons (Fsp3) is 0.727. The molecule has 4 saturated carbocycles. The highest BCUT2D eigenvalue weighted by Crippen LogP contribution is 2.69. The van der Waals surface area contributed by atoms with Crippen LogP contribution < -0.4 is 0 Å². The van der Waals surface area contributed by atoms with E-state index in [9.17, 15) is 20.1 Å². The monoisotopic (exact) mass is 508 g/mol. The minimum Gasteiger partial charge on any atom is -0.478 e. The SMILES string of the molecule is CC[C@H]1C(O)C2C3CC[C@H]([C@H](C)C/C=C/c4cccc(C(=O)O)c4)[C@@]3(C)CCC2[C@@]2(C)CC[C@@H](O)C[C@@H]12. The first-order valence-electron chi connectivity index (χ1n) is 15.0. The minimum atomic E-state index is -0.885. The normalized spacial score (nSPS) is 44.2. The average molecular weight is 509 g/mol. The largest absolute Gasteiger partial charge is 0.478 e. The third-order valence-electron chi connectivity index (χ3n) is 12.1. The molecule has 0 amide bonds. The van der Waals surface area contributed by atoms with Crippen LogP contribution in [0.3, 0.4) is 0 Å². The molecule has 0 spiro atoms. The molecule has 5 rings (SSSR count). The van der Waals surface area contributed by atoms with E-state index < -0.39 is 5.97 Å². The molecule has 0 heterocycles. The molecule has 0 aromatic heterocycles. The Morgan fingerprint density at radius 1 is 1.05 bits per heavy atom. The van der Waals surface area contributed by atoms with E-state index in [-0.39, 0.29) is 23.0 Å². The number of aliphatic hydroxyl groups is 2. The number of aromatic carboxylic acids is 1. The van der Waals surface area contributed by atoms with Gasteiger partial charge >= 0.3 is 5.97 Å². The molecule has 4 unspecified atom stereocenters. The van der Waals surface area contributed by atoms with Gasteiger partial charge < -0.3 is 15.3 Å². The quantitative estimate of drug-likeness (QED) is 0.385. The zero-order valence-corrected chi connectivity index (χ0v) is 23.3. The lowest BCUT2D eigenvalue weighted by molar-refractivity contribution is -0.203.